The van der Waals surface area contributed by atoms with E-state index >= 15 is 0 Å². The zero-order valence-corrected chi connectivity index (χ0v) is 11.3. The highest BCUT2D eigenvalue weighted by atomic mass is 127. The summed E-state index contributed by atoms with van der Waals surface area (Å²) in [6.45, 7) is 0. The number of hydrogen-bond acceptors (Lipinski definition) is 3. The van der Waals surface area contributed by atoms with Gasteiger partial charge < -0.3 is 11.1 Å². The van der Waals surface area contributed by atoms with Crippen LogP contribution < -0.4 is 11.1 Å². The number of primary amides is 1. The van der Waals surface area contributed by atoms with Crippen LogP contribution in [0.15, 0.2) is 30.5 Å². The van der Waals surface area contributed by atoms with Crippen molar-refractivity contribution in [3.63, 3.8) is 0 Å². The van der Waals surface area contributed by atoms with Crippen molar-refractivity contribution >= 4 is 40.1 Å². The van der Waals surface area contributed by atoms with E-state index in [1.807, 2.05) is 22.6 Å². The molecular weight excluding hydrogens is 347 g/mol. The summed E-state index contributed by atoms with van der Waals surface area (Å²) in [6, 6.07) is 6.55. The van der Waals surface area contributed by atoms with Gasteiger partial charge in [0.2, 0.25) is 0 Å². The van der Waals surface area contributed by atoms with Crippen molar-refractivity contribution in [3.05, 3.63) is 45.3 Å². The molecule has 18 heavy (non-hydrogen) atoms. The van der Waals surface area contributed by atoms with Crippen molar-refractivity contribution in [3.8, 4) is 0 Å². The third kappa shape index (κ3) is 2.50. The number of amides is 2. The number of aromatic amines is 1. The second-order valence-electron chi connectivity index (χ2n) is 3.46. The molecule has 2 amide bonds. The van der Waals surface area contributed by atoms with Crippen LogP contribution in [0, 0.1) is 3.57 Å². The number of aromatic nitrogens is 2. The van der Waals surface area contributed by atoms with Gasteiger partial charge in [0, 0.05) is 0 Å². The largest absolute Gasteiger partial charge is 0.366 e. The van der Waals surface area contributed by atoms with Gasteiger partial charge in [0.25, 0.3) is 11.8 Å². The van der Waals surface area contributed by atoms with Crippen molar-refractivity contribution in [1.82, 2.24) is 10.2 Å². The van der Waals surface area contributed by atoms with Crippen LogP contribution in [-0.4, -0.2) is 22.0 Å². The number of halogens is 1. The van der Waals surface area contributed by atoms with E-state index in [-0.39, 0.29) is 11.5 Å². The predicted molar refractivity (Wildman–Crippen MR) is 74.2 cm³/mol. The lowest BCUT2D eigenvalue weighted by atomic mass is 10.1. The maximum atomic E-state index is 11.9. The minimum atomic E-state index is -0.592. The highest BCUT2D eigenvalue weighted by Crippen LogP contribution is 2.16. The first kappa shape index (κ1) is 12.6. The fourth-order valence-electron chi connectivity index (χ4n) is 1.42. The Morgan fingerprint density at radius 3 is 2.67 bits per heavy atom. The molecule has 92 valence electrons. The van der Waals surface area contributed by atoms with Gasteiger partial charge in [-0.2, -0.15) is 5.10 Å². The van der Waals surface area contributed by atoms with E-state index in [0.29, 0.717) is 15.0 Å². The number of carbonyl (C=O) groups excluding carboxylic acids is 2. The predicted octanol–water partition coefficient (Wildman–Crippen LogP) is 1.37. The summed E-state index contributed by atoms with van der Waals surface area (Å²) in [5, 5.41) is 8.96. The molecule has 1 aromatic heterocycles. The van der Waals surface area contributed by atoms with E-state index in [2.05, 4.69) is 15.5 Å². The first-order valence-electron chi connectivity index (χ1n) is 4.98. The quantitative estimate of drug-likeness (QED) is 0.724. The van der Waals surface area contributed by atoms with E-state index in [9.17, 15) is 9.59 Å². The van der Waals surface area contributed by atoms with Gasteiger partial charge in [0.05, 0.1) is 21.0 Å². The molecule has 0 radical (unpaired) electrons. The van der Waals surface area contributed by atoms with Gasteiger partial charge in [-0.3, -0.25) is 14.7 Å². The molecule has 7 heteroatoms. The number of nitrogens with two attached hydrogens (primary N) is 1. The lowest BCUT2D eigenvalue weighted by molar-refractivity contribution is 0.100. The Hall–Kier alpha value is -1.90. The van der Waals surface area contributed by atoms with Gasteiger partial charge >= 0.3 is 0 Å². The van der Waals surface area contributed by atoms with Gasteiger partial charge in [-0.05, 0) is 34.7 Å². The second-order valence-corrected chi connectivity index (χ2v) is 4.62. The molecule has 0 aliphatic carbocycles. The van der Waals surface area contributed by atoms with Crippen molar-refractivity contribution in [2.45, 2.75) is 0 Å². The highest BCUT2D eigenvalue weighted by molar-refractivity contribution is 14.1. The molecule has 4 N–H and O–H groups in total. The summed E-state index contributed by atoms with van der Waals surface area (Å²) in [5.74, 6) is -0.962. The Labute approximate surface area is 116 Å². The fraction of sp³-hybridized carbons (Fsp3) is 0. The zero-order chi connectivity index (χ0) is 13.1. The maximum Gasteiger partial charge on any atom is 0.274 e. The average Bonchev–Trinajstić information content (AvgIpc) is 2.76. The smallest absolute Gasteiger partial charge is 0.274 e. The van der Waals surface area contributed by atoms with Gasteiger partial charge in [0.15, 0.2) is 0 Å². The Kier molecular flexibility index (Phi) is 3.60. The number of benzene rings is 1. The molecule has 0 aliphatic heterocycles. The standard InChI is InChI=1S/C11H9IN4O2/c12-7-5-14-16-9(7)11(18)15-8-4-2-1-3-6(8)10(13)17/h1-5H,(H2,13,17)(H,14,16)(H,15,18). The van der Waals surface area contributed by atoms with Crippen LogP contribution in [-0.2, 0) is 0 Å². The minimum absolute atomic E-state index is 0.264. The molecule has 2 rings (SSSR count). The molecule has 0 bridgehead atoms. The third-order valence-corrected chi connectivity index (χ3v) is 3.08. The first-order valence-corrected chi connectivity index (χ1v) is 6.06. The van der Waals surface area contributed by atoms with Gasteiger partial charge in [-0.15, -0.1) is 0 Å². The minimum Gasteiger partial charge on any atom is -0.366 e. The van der Waals surface area contributed by atoms with Crippen LogP contribution in [0.25, 0.3) is 0 Å². The maximum absolute atomic E-state index is 11.9. The lowest BCUT2D eigenvalue weighted by Crippen LogP contribution is -2.19. The Balaban J connectivity index is 2.28. The van der Waals surface area contributed by atoms with Crippen LogP contribution in [0.1, 0.15) is 20.8 Å². The van der Waals surface area contributed by atoms with Crippen LogP contribution in [0.2, 0.25) is 0 Å². The number of nitrogens with one attached hydrogen (secondary N) is 2. The lowest BCUT2D eigenvalue weighted by Gasteiger charge is -2.07. The summed E-state index contributed by atoms with van der Waals surface area (Å²) in [5.41, 5.74) is 6.21. The average molecular weight is 356 g/mol. The number of rotatable bonds is 3. The fourth-order valence-corrected chi connectivity index (χ4v) is 1.93. The number of para-hydroxylation sites is 1. The summed E-state index contributed by atoms with van der Waals surface area (Å²) in [4.78, 5) is 23.1. The first-order chi connectivity index (χ1) is 8.59. The molecule has 0 fully saturated rings. The molecule has 1 heterocycles. The van der Waals surface area contributed by atoms with Crippen LogP contribution in [0.5, 0.6) is 0 Å². The molecule has 0 saturated carbocycles. The summed E-state index contributed by atoms with van der Waals surface area (Å²) >= 11 is 1.99. The molecule has 0 spiro atoms. The number of nitrogens with zero attached hydrogens (tertiary/aromatic N) is 1. The summed E-state index contributed by atoms with van der Waals surface area (Å²) < 4.78 is 0.696. The second kappa shape index (κ2) is 5.17. The van der Waals surface area contributed by atoms with Crippen LogP contribution in [0.3, 0.4) is 0 Å². The molecule has 0 atom stereocenters. The van der Waals surface area contributed by atoms with Crippen LogP contribution in [0.4, 0.5) is 5.69 Å². The third-order valence-electron chi connectivity index (χ3n) is 2.26. The van der Waals surface area contributed by atoms with E-state index in [1.54, 1.807) is 24.3 Å². The SMILES string of the molecule is NC(=O)c1ccccc1NC(=O)c1[nH]ncc1I. The van der Waals surface area contributed by atoms with E-state index in [1.165, 1.54) is 6.20 Å². The van der Waals surface area contributed by atoms with Crippen molar-refractivity contribution in [2.75, 3.05) is 5.32 Å². The molecule has 0 aliphatic rings. The zero-order valence-electron chi connectivity index (χ0n) is 9.11. The van der Waals surface area contributed by atoms with E-state index < -0.39 is 5.91 Å². The highest BCUT2D eigenvalue weighted by Gasteiger charge is 2.15. The Bertz CT molecular complexity index is 609. The number of H-pyrrole nitrogens is 1. The van der Waals surface area contributed by atoms with Crippen molar-refractivity contribution < 1.29 is 9.59 Å². The number of carbonyl (C=O) groups is 2. The molecule has 2 aromatic rings. The summed E-state index contributed by atoms with van der Waals surface area (Å²) in [6.07, 6.45) is 1.54. The monoisotopic (exact) mass is 356 g/mol. The van der Waals surface area contributed by atoms with Gasteiger partial charge in [0.1, 0.15) is 5.69 Å². The van der Waals surface area contributed by atoms with Crippen molar-refractivity contribution in [2.24, 2.45) is 5.73 Å². The van der Waals surface area contributed by atoms with E-state index in [0.717, 1.165) is 0 Å². The van der Waals surface area contributed by atoms with Gasteiger partial charge in [-0.25, -0.2) is 0 Å². The number of anilines is 1. The Morgan fingerprint density at radius 2 is 2.06 bits per heavy atom. The van der Waals surface area contributed by atoms with Crippen LogP contribution >= 0.6 is 22.6 Å². The van der Waals surface area contributed by atoms with Gasteiger partial charge in [-0.1, -0.05) is 12.1 Å². The van der Waals surface area contributed by atoms with Crippen molar-refractivity contribution in [1.29, 1.82) is 0 Å². The Morgan fingerprint density at radius 1 is 1.33 bits per heavy atom. The molecule has 6 nitrogen and oxygen atoms in total. The summed E-state index contributed by atoms with van der Waals surface area (Å²) in [7, 11) is 0. The molecule has 0 saturated heterocycles. The molecule has 0 unspecified atom stereocenters. The molecular formula is C11H9IN4O2. The molecule has 1 aromatic carbocycles. The topological polar surface area (TPSA) is 101 Å². The van der Waals surface area contributed by atoms with E-state index in [4.69, 9.17) is 5.73 Å². The number of hydrogen-bond donors (Lipinski definition) is 3. The normalized spacial score (nSPS) is 10.1.